The summed E-state index contributed by atoms with van der Waals surface area (Å²) in [5.41, 5.74) is 1.59. The minimum absolute atomic E-state index is 0.0605. The molecule has 0 aliphatic heterocycles. The zero-order valence-electron chi connectivity index (χ0n) is 11.7. The maximum atomic E-state index is 12.2. The lowest BCUT2D eigenvalue weighted by atomic mass is 10.1. The van der Waals surface area contributed by atoms with E-state index in [4.69, 9.17) is 0 Å². The predicted octanol–water partition coefficient (Wildman–Crippen LogP) is 2.84. The number of anilines is 1. The molecule has 0 saturated heterocycles. The number of aryl methyl sites for hydroxylation is 1. The zero-order valence-corrected chi connectivity index (χ0v) is 13.3. The van der Waals surface area contributed by atoms with Gasteiger partial charge in [-0.15, -0.1) is 10.2 Å². The molecular formula is C14H17BrN4O. The molecule has 1 N–H and O–H groups in total. The second kappa shape index (κ2) is 6.17. The van der Waals surface area contributed by atoms with E-state index in [2.05, 4.69) is 31.4 Å². The minimum atomic E-state index is -0.227. The molecule has 0 saturated carbocycles. The molecule has 1 heterocycles. The first-order valence-corrected chi connectivity index (χ1v) is 7.30. The van der Waals surface area contributed by atoms with Crippen molar-refractivity contribution in [1.82, 2.24) is 14.8 Å². The summed E-state index contributed by atoms with van der Waals surface area (Å²) in [5.74, 6) is 0.878. The van der Waals surface area contributed by atoms with Crippen LogP contribution in [0.2, 0.25) is 0 Å². The van der Waals surface area contributed by atoms with E-state index in [0.29, 0.717) is 0 Å². The number of hydrogen-bond donors (Lipinski definition) is 1. The quantitative estimate of drug-likeness (QED) is 0.873. The Kier molecular flexibility index (Phi) is 4.54. The van der Waals surface area contributed by atoms with Crippen LogP contribution in [-0.4, -0.2) is 25.5 Å². The fourth-order valence-electron chi connectivity index (χ4n) is 1.82. The molecule has 0 radical (unpaired) electrons. The smallest absolute Gasteiger partial charge is 0.238 e. The molecule has 1 amide bonds. The van der Waals surface area contributed by atoms with E-state index in [1.807, 2.05) is 49.7 Å². The van der Waals surface area contributed by atoms with Gasteiger partial charge in [-0.3, -0.25) is 4.79 Å². The van der Waals surface area contributed by atoms with E-state index >= 15 is 0 Å². The van der Waals surface area contributed by atoms with Crippen molar-refractivity contribution in [3.05, 3.63) is 30.6 Å². The highest BCUT2D eigenvalue weighted by molar-refractivity contribution is 9.10. The molecule has 0 bridgehead atoms. The van der Waals surface area contributed by atoms with Crippen LogP contribution in [0.25, 0.3) is 11.4 Å². The number of hydrogen-bond acceptors (Lipinski definition) is 3. The highest BCUT2D eigenvalue weighted by Gasteiger charge is 2.20. The molecule has 1 aromatic heterocycles. The van der Waals surface area contributed by atoms with E-state index in [1.165, 1.54) is 0 Å². The summed E-state index contributed by atoms with van der Waals surface area (Å²) in [4.78, 5) is 11.9. The third kappa shape index (κ3) is 3.07. The highest BCUT2D eigenvalue weighted by atomic mass is 79.9. The lowest BCUT2D eigenvalue weighted by Gasteiger charge is -2.15. The van der Waals surface area contributed by atoms with Crippen molar-refractivity contribution in [2.45, 2.75) is 18.7 Å². The van der Waals surface area contributed by atoms with Crippen LogP contribution in [0.5, 0.6) is 0 Å². The van der Waals surface area contributed by atoms with Gasteiger partial charge in [0.05, 0.1) is 10.5 Å². The Morgan fingerprint density at radius 1 is 1.35 bits per heavy atom. The Morgan fingerprint density at radius 3 is 2.65 bits per heavy atom. The standard InChI is InChI=1S/C14H17BrN4O/c1-9(2)12(15)14(20)17-11-7-5-4-6-10(11)13-18-16-8-19(13)3/h4-9,12H,1-3H3,(H,17,20). The molecule has 1 unspecified atom stereocenters. The van der Waals surface area contributed by atoms with E-state index < -0.39 is 0 Å². The molecule has 5 nitrogen and oxygen atoms in total. The molecule has 0 aliphatic rings. The van der Waals surface area contributed by atoms with Crippen LogP contribution in [-0.2, 0) is 11.8 Å². The number of aromatic nitrogens is 3. The summed E-state index contributed by atoms with van der Waals surface area (Å²) in [6, 6.07) is 7.57. The minimum Gasteiger partial charge on any atom is -0.324 e. The van der Waals surface area contributed by atoms with Gasteiger partial charge in [-0.1, -0.05) is 41.9 Å². The molecule has 2 aromatic rings. The lowest BCUT2D eigenvalue weighted by molar-refractivity contribution is -0.116. The summed E-state index contributed by atoms with van der Waals surface area (Å²) in [7, 11) is 1.87. The number of halogens is 1. The highest BCUT2D eigenvalue weighted by Crippen LogP contribution is 2.26. The number of nitrogens with zero attached hydrogens (tertiary/aromatic N) is 3. The van der Waals surface area contributed by atoms with Crippen molar-refractivity contribution in [1.29, 1.82) is 0 Å². The van der Waals surface area contributed by atoms with Gasteiger partial charge in [-0.05, 0) is 18.1 Å². The maximum Gasteiger partial charge on any atom is 0.238 e. The number of carbonyl (C=O) groups is 1. The molecular weight excluding hydrogens is 320 g/mol. The van der Waals surface area contributed by atoms with Crippen LogP contribution in [0.1, 0.15) is 13.8 Å². The Labute approximate surface area is 126 Å². The average Bonchev–Trinajstić information content (AvgIpc) is 2.84. The number of alkyl halides is 1. The van der Waals surface area contributed by atoms with Gasteiger partial charge in [0.2, 0.25) is 5.91 Å². The zero-order chi connectivity index (χ0) is 14.7. The van der Waals surface area contributed by atoms with Crippen molar-refractivity contribution in [2.75, 3.05) is 5.32 Å². The molecule has 6 heteroatoms. The van der Waals surface area contributed by atoms with Gasteiger partial charge in [0.15, 0.2) is 5.82 Å². The van der Waals surface area contributed by atoms with Crippen molar-refractivity contribution in [2.24, 2.45) is 13.0 Å². The Morgan fingerprint density at radius 2 is 2.05 bits per heavy atom. The van der Waals surface area contributed by atoms with Crippen LogP contribution in [0.4, 0.5) is 5.69 Å². The molecule has 1 aromatic carbocycles. The third-order valence-electron chi connectivity index (χ3n) is 2.97. The van der Waals surface area contributed by atoms with Crippen LogP contribution in [0.3, 0.4) is 0 Å². The van der Waals surface area contributed by atoms with E-state index in [0.717, 1.165) is 17.1 Å². The molecule has 2 rings (SSSR count). The molecule has 0 aliphatic carbocycles. The Balaban J connectivity index is 2.30. The first-order valence-electron chi connectivity index (χ1n) is 6.39. The van der Waals surface area contributed by atoms with Gasteiger partial charge in [0.25, 0.3) is 0 Å². The first-order chi connectivity index (χ1) is 9.50. The van der Waals surface area contributed by atoms with Crippen molar-refractivity contribution in [3.63, 3.8) is 0 Å². The van der Waals surface area contributed by atoms with Crippen LogP contribution < -0.4 is 5.32 Å². The molecule has 20 heavy (non-hydrogen) atoms. The van der Waals surface area contributed by atoms with Gasteiger partial charge in [0, 0.05) is 12.6 Å². The Hall–Kier alpha value is -1.69. The number of para-hydroxylation sites is 1. The summed E-state index contributed by atoms with van der Waals surface area (Å²) in [6.45, 7) is 3.99. The maximum absolute atomic E-state index is 12.2. The largest absolute Gasteiger partial charge is 0.324 e. The van der Waals surface area contributed by atoms with Gasteiger partial charge >= 0.3 is 0 Å². The normalized spacial score (nSPS) is 12.4. The van der Waals surface area contributed by atoms with Crippen LogP contribution in [0.15, 0.2) is 30.6 Å². The van der Waals surface area contributed by atoms with Crippen molar-refractivity contribution >= 4 is 27.5 Å². The molecule has 0 spiro atoms. The van der Waals surface area contributed by atoms with Crippen LogP contribution >= 0.6 is 15.9 Å². The Bertz CT molecular complexity index is 609. The van der Waals surface area contributed by atoms with E-state index in [-0.39, 0.29) is 16.7 Å². The lowest BCUT2D eigenvalue weighted by Crippen LogP contribution is -2.27. The molecule has 106 valence electrons. The SMILES string of the molecule is CC(C)C(Br)C(=O)Nc1ccccc1-c1nncn1C. The number of benzene rings is 1. The third-order valence-corrected chi connectivity index (χ3v) is 4.45. The fraction of sp³-hybridized carbons (Fsp3) is 0.357. The number of nitrogens with one attached hydrogen (secondary N) is 1. The summed E-state index contributed by atoms with van der Waals surface area (Å²) >= 11 is 3.41. The van der Waals surface area contributed by atoms with E-state index in [9.17, 15) is 4.79 Å². The summed E-state index contributed by atoms with van der Waals surface area (Å²) in [5, 5.41) is 10.9. The topological polar surface area (TPSA) is 59.8 Å². The van der Waals surface area contributed by atoms with Crippen molar-refractivity contribution < 1.29 is 4.79 Å². The number of carbonyl (C=O) groups excluding carboxylic acids is 1. The van der Waals surface area contributed by atoms with Gasteiger partial charge < -0.3 is 9.88 Å². The first kappa shape index (κ1) is 14.7. The summed E-state index contributed by atoms with van der Waals surface area (Å²) in [6.07, 6.45) is 1.63. The van der Waals surface area contributed by atoms with E-state index in [1.54, 1.807) is 6.33 Å². The second-order valence-electron chi connectivity index (χ2n) is 4.95. The van der Waals surface area contributed by atoms with Gasteiger partial charge in [0.1, 0.15) is 6.33 Å². The second-order valence-corrected chi connectivity index (χ2v) is 5.93. The van der Waals surface area contributed by atoms with Gasteiger partial charge in [-0.2, -0.15) is 0 Å². The van der Waals surface area contributed by atoms with Crippen LogP contribution in [0, 0.1) is 5.92 Å². The molecule has 1 atom stereocenters. The summed E-state index contributed by atoms with van der Waals surface area (Å²) < 4.78 is 1.82. The fourth-order valence-corrected chi connectivity index (χ4v) is 1.93. The number of amides is 1. The average molecular weight is 337 g/mol. The monoisotopic (exact) mass is 336 g/mol. The van der Waals surface area contributed by atoms with Gasteiger partial charge in [-0.25, -0.2) is 0 Å². The number of rotatable bonds is 4. The molecule has 0 fully saturated rings. The van der Waals surface area contributed by atoms with Crippen molar-refractivity contribution in [3.8, 4) is 11.4 Å². The predicted molar refractivity (Wildman–Crippen MR) is 82.6 cm³/mol.